The smallest absolute Gasteiger partial charge is 0.251 e. The first-order valence-corrected chi connectivity index (χ1v) is 8.97. The van der Waals surface area contributed by atoms with E-state index in [0.717, 1.165) is 17.1 Å². The van der Waals surface area contributed by atoms with E-state index in [4.69, 9.17) is 0 Å². The molecule has 1 aromatic carbocycles. The van der Waals surface area contributed by atoms with Gasteiger partial charge in [-0.2, -0.15) is 11.8 Å². The molecule has 0 saturated heterocycles. The second kappa shape index (κ2) is 8.65. The predicted molar refractivity (Wildman–Crippen MR) is 92.5 cm³/mol. The molecule has 0 bridgehead atoms. The summed E-state index contributed by atoms with van der Waals surface area (Å²) >= 11 is 2.92. The number of nitrogens with zero attached hydrogens (tertiary/aromatic N) is 1. The molecule has 0 fully saturated rings. The quantitative estimate of drug-likeness (QED) is 0.601. The molecule has 0 saturated carbocycles. The minimum Gasteiger partial charge on any atom is -0.325 e. The number of anilines is 1. The van der Waals surface area contributed by atoms with Gasteiger partial charge in [0.2, 0.25) is 5.91 Å². The zero-order chi connectivity index (χ0) is 15.8. The number of benzene rings is 1. The highest BCUT2D eigenvalue weighted by Crippen LogP contribution is 2.15. The number of aromatic amines is 1. The highest BCUT2D eigenvalue weighted by molar-refractivity contribution is 7.99. The van der Waals surface area contributed by atoms with E-state index in [1.807, 2.05) is 30.3 Å². The average Bonchev–Trinajstić information content (AvgIpc) is 2.51. The van der Waals surface area contributed by atoms with Crippen molar-refractivity contribution in [2.75, 3.05) is 16.8 Å². The van der Waals surface area contributed by atoms with Crippen LogP contribution in [0.3, 0.4) is 0 Å². The maximum absolute atomic E-state index is 11.9. The summed E-state index contributed by atoms with van der Waals surface area (Å²) in [6.45, 7) is 2.06. The zero-order valence-corrected chi connectivity index (χ0v) is 13.8. The molecule has 1 amide bonds. The van der Waals surface area contributed by atoms with Crippen molar-refractivity contribution in [3.63, 3.8) is 0 Å². The molecule has 1 aromatic heterocycles. The third-order valence-corrected chi connectivity index (χ3v) is 4.41. The van der Waals surface area contributed by atoms with Crippen LogP contribution < -0.4 is 10.9 Å². The van der Waals surface area contributed by atoms with Gasteiger partial charge in [0.1, 0.15) is 0 Å². The lowest BCUT2D eigenvalue weighted by Crippen LogP contribution is -2.15. The van der Waals surface area contributed by atoms with Crippen LogP contribution in [-0.4, -0.2) is 27.4 Å². The van der Waals surface area contributed by atoms with Gasteiger partial charge in [-0.15, -0.1) is 0 Å². The fourth-order valence-electron chi connectivity index (χ4n) is 1.68. The van der Waals surface area contributed by atoms with Crippen molar-refractivity contribution in [1.29, 1.82) is 0 Å². The van der Waals surface area contributed by atoms with Gasteiger partial charge in [-0.05, 0) is 17.9 Å². The molecule has 1 heterocycles. The molecule has 0 unspecified atom stereocenters. The minimum atomic E-state index is -0.187. The van der Waals surface area contributed by atoms with Gasteiger partial charge >= 0.3 is 0 Å². The lowest BCUT2D eigenvalue weighted by molar-refractivity contribution is -0.113. The minimum absolute atomic E-state index is 0.132. The molecule has 0 radical (unpaired) electrons. The van der Waals surface area contributed by atoms with Crippen LogP contribution in [-0.2, 0) is 10.5 Å². The van der Waals surface area contributed by atoms with Gasteiger partial charge in [0, 0.05) is 17.5 Å². The van der Waals surface area contributed by atoms with Crippen molar-refractivity contribution < 1.29 is 4.79 Å². The van der Waals surface area contributed by atoms with Gasteiger partial charge < -0.3 is 10.3 Å². The molecular formula is C15H17N3O2S2. The summed E-state index contributed by atoms with van der Waals surface area (Å²) in [6.07, 6.45) is 0. The maximum Gasteiger partial charge on any atom is 0.251 e. The summed E-state index contributed by atoms with van der Waals surface area (Å²) in [4.78, 5) is 30.5. The van der Waals surface area contributed by atoms with Crippen LogP contribution in [0.5, 0.6) is 0 Å². The van der Waals surface area contributed by atoms with Gasteiger partial charge in [-0.1, -0.05) is 36.9 Å². The molecule has 0 spiro atoms. The maximum atomic E-state index is 11.9. The Morgan fingerprint density at radius 1 is 1.32 bits per heavy atom. The lowest BCUT2D eigenvalue weighted by Gasteiger charge is -2.05. The molecule has 0 aliphatic heterocycles. The Morgan fingerprint density at radius 3 is 2.82 bits per heavy atom. The summed E-state index contributed by atoms with van der Waals surface area (Å²) in [6, 6.07) is 10.7. The van der Waals surface area contributed by atoms with Crippen LogP contribution in [0.4, 0.5) is 5.69 Å². The number of aromatic nitrogens is 2. The van der Waals surface area contributed by atoms with Crippen LogP contribution in [0.1, 0.15) is 12.6 Å². The monoisotopic (exact) mass is 335 g/mol. The Balaban J connectivity index is 1.92. The summed E-state index contributed by atoms with van der Waals surface area (Å²) in [5, 5.41) is 3.27. The Labute approximate surface area is 137 Å². The number of hydrogen-bond donors (Lipinski definition) is 2. The van der Waals surface area contributed by atoms with E-state index in [2.05, 4.69) is 22.2 Å². The van der Waals surface area contributed by atoms with Crippen molar-refractivity contribution in [1.82, 2.24) is 9.97 Å². The summed E-state index contributed by atoms with van der Waals surface area (Å²) < 4.78 is 0. The van der Waals surface area contributed by atoms with E-state index in [1.165, 1.54) is 17.8 Å². The number of rotatable bonds is 7. The molecule has 0 aliphatic rings. The van der Waals surface area contributed by atoms with Crippen LogP contribution >= 0.6 is 23.5 Å². The Hall–Kier alpha value is -1.73. The highest BCUT2D eigenvalue weighted by atomic mass is 32.2. The van der Waals surface area contributed by atoms with Crippen LogP contribution in [0.15, 0.2) is 46.3 Å². The van der Waals surface area contributed by atoms with Gasteiger partial charge in [0.15, 0.2) is 5.16 Å². The molecule has 2 rings (SSSR count). The molecule has 0 aliphatic carbocycles. The molecular weight excluding hydrogens is 318 g/mol. The van der Waals surface area contributed by atoms with Crippen molar-refractivity contribution in [2.45, 2.75) is 17.8 Å². The fraction of sp³-hybridized carbons (Fsp3) is 0.267. The van der Waals surface area contributed by atoms with Gasteiger partial charge in [0.05, 0.1) is 11.4 Å². The average molecular weight is 335 g/mol. The summed E-state index contributed by atoms with van der Waals surface area (Å²) in [5.74, 6) is 1.73. The first-order chi connectivity index (χ1) is 10.7. The van der Waals surface area contributed by atoms with Crippen LogP contribution in [0.25, 0.3) is 0 Å². The molecule has 2 aromatic rings. The number of thioether (sulfide) groups is 2. The van der Waals surface area contributed by atoms with Crippen molar-refractivity contribution in [3.8, 4) is 0 Å². The van der Waals surface area contributed by atoms with E-state index in [1.54, 1.807) is 11.8 Å². The van der Waals surface area contributed by atoms with Gasteiger partial charge in [-0.3, -0.25) is 9.59 Å². The van der Waals surface area contributed by atoms with E-state index in [-0.39, 0.29) is 17.2 Å². The van der Waals surface area contributed by atoms with E-state index in [0.29, 0.717) is 10.9 Å². The Kier molecular flexibility index (Phi) is 6.54. The summed E-state index contributed by atoms with van der Waals surface area (Å²) in [7, 11) is 0. The fourth-order valence-corrected chi connectivity index (χ4v) is 2.94. The molecule has 2 N–H and O–H groups in total. The second-order valence-corrected chi connectivity index (χ2v) is 6.62. The van der Waals surface area contributed by atoms with Crippen LogP contribution in [0.2, 0.25) is 0 Å². The number of carbonyl (C=O) groups is 1. The molecule has 5 nitrogen and oxygen atoms in total. The van der Waals surface area contributed by atoms with Gasteiger partial charge in [-0.25, -0.2) is 4.98 Å². The topological polar surface area (TPSA) is 74.8 Å². The first kappa shape index (κ1) is 16.6. The third-order valence-electron chi connectivity index (χ3n) is 2.62. The second-order valence-electron chi connectivity index (χ2n) is 4.38. The number of H-pyrrole nitrogens is 1. The first-order valence-electron chi connectivity index (χ1n) is 6.83. The van der Waals surface area contributed by atoms with Crippen molar-refractivity contribution >= 4 is 35.1 Å². The Bertz CT molecular complexity index is 674. The zero-order valence-electron chi connectivity index (χ0n) is 12.2. The van der Waals surface area contributed by atoms with E-state index < -0.39 is 0 Å². The third kappa shape index (κ3) is 5.57. The summed E-state index contributed by atoms with van der Waals surface area (Å²) in [5.41, 5.74) is 1.30. The molecule has 0 atom stereocenters. The SMILES string of the molecule is CCSCc1cc(=O)[nH]c(SCC(=O)Nc2ccccc2)n1. The number of hydrogen-bond acceptors (Lipinski definition) is 5. The highest BCUT2D eigenvalue weighted by Gasteiger charge is 2.07. The molecule has 7 heteroatoms. The van der Waals surface area contributed by atoms with Crippen molar-refractivity contribution in [3.05, 3.63) is 52.4 Å². The van der Waals surface area contributed by atoms with E-state index >= 15 is 0 Å². The number of amides is 1. The standard InChI is InChI=1S/C15H17N3O2S2/c1-2-21-9-12-8-13(19)18-15(17-12)22-10-14(20)16-11-6-4-3-5-7-11/h3-8H,2,9-10H2,1H3,(H,16,20)(H,17,18,19). The molecule has 116 valence electrons. The predicted octanol–water partition coefficient (Wildman–Crippen LogP) is 2.75. The Morgan fingerprint density at radius 2 is 2.09 bits per heavy atom. The van der Waals surface area contributed by atoms with E-state index in [9.17, 15) is 9.59 Å². The number of para-hydroxylation sites is 1. The largest absolute Gasteiger partial charge is 0.325 e. The molecule has 22 heavy (non-hydrogen) atoms. The number of carbonyl (C=O) groups excluding carboxylic acids is 1. The van der Waals surface area contributed by atoms with Crippen LogP contribution in [0, 0.1) is 0 Å². The lowest BCUT2D eigenvalue weighted by atomic mass is 10.3. The normalized spacial score (nSPS) is 10.4. The van der Waals surface area contributed by atoms with Crippen molar-refractivity contribution in [2.24, 2.45) is 0 Å². The number of nitrogens with one attached hydrogen (secondary N) is 2. The van der Waals surface area contributed by atoms with Gasteiger partial charge in [0.25, 0.3) is 5.56 Å².